The summed E-state index contributed by atoms with van der Waals surface area (Å²) < 4.78 is 0. The number of hydrogen-bond donors (Lipinski definition) is 3. The molecule has 2 amide bonds. The number of hydrogen-bond acceptors (Lipinski definition) is 4. The minimum Gasteiger partial charge on any atom is -0.242 e. The Kier molecular flexibility index (Phi) is 2.66. The summed E-state index contributed by atoms with van der Waals surface area (Å²) in [6, 6.07) is -1.12. The van der Waals surface area contributed by atoms with Gasteiger partial charge in [0.05, 0.1) is 0 Å². The fourth-order valence-electron chi connectivity index (χ4n) is 0.121. The molecule has 0 aliphatic heterocycles. The highest BCUT2D eigenvalue weighted by atomic mass is 16.7. The number of carbonyl (C=O) groups is 1. The molecule has 0 bridgehead atoms. The van der Waals surface area contributed by atoms with E-state index >= 15 is 0 Å². The van der Waals surface area contributed by atoms with Crippen molar-refractivity contribution in [3.8, 4) is 0 Å². The van der Waals surface area contributed by atoms with Gasteiger partial charge in [-0.2, -0.15) is 11.0 Å². The quantitative estimate of drug-likeness (QED) is 0.265. The third-order valence-corrected chi connectivity index (χ3v) is 0.356. The Morgan fingerprint density at radius 1 is 1.78 bits per heavy atom. The highest BCUT2D eigenvalue weighted by molar-refractivity contribution is 5.72. The van der Waals surface area contributed by atoms with Crippen molar-refractivity contribution in [1.29, 1.82) is 5.53 Å². The lowest BCUT2D eigenvalue weighted by atomic mass is 11.1. The zero-order valence-electron chi connectivity index (χ0n) is 4.12. The predicted molar refractivity (Wildman–Crippen MR) is 23.8 cm³/mol. The van der Waals surface area contributed by atoms with Gasteiger partial charge in [-0.15, -0.1) is 0 Å². The maximum atomic E-state index is 9.88. The molecular weight excluding hydrogens is 130 g/mol. The van der Waals surface area contributed by atoms with Gasteiger partial charge in [-0.25, -0.2) is 14.9 Å². The Morgan fingerprint density at radius 3 is 2.67 bits per heavy atom. The molecule has 0 unspecified atom stereocenters. The molecule has 0 aromatic rings. The van der Waals surface area contributed by atoms with E-state index < -0.39 is 11.1 Å². The molecule has 0 atom stereocenters. The van der Waals surface area contributed by atoms with E-state index in [-0.39, 0.29) is 0 Å². The summed E-state index contributed by atoms with van der Waals surface area (Å²) in [5.41, 5.74) is 8.80. The number of rotatable bonds is 2. The number of amides is 2. The molecule has 0 saturated heterocycles. The van der Waals surface area contributed by atoms with Crippen LogP contribution in [0.2, 0.25) is 0 Å². The maximum absolute atomic E-state index is 9.88. The van der Waals surface area contributed by atoms with Crippen LogP contribution in [-0.4, -0.2) is 11.1 Å². The molecule has 0 aromatic carbocycles. The van der Waals surface area contributed by atoms with Crippen molar-refractivity contribution < 1.29 is 9.83 Å². The second kappa shape index (κ2) is 3.29. The van der Waals surface area contributed by atoms with Crippen molar-refractivity contribution in [3.63, 3.8) is 0 Å². The summed E-state index contributed by atoms with van der Waals surface area (Å²) in [6.45, 7) is 0. The van der Waals surface area contributed by atoms with Gasteiger partial charge in [0.1, 0.15) is 0 Å². The summed E-state index contributed by atoms with van der Waals surface area (Å²) in [6.07, 6.45) is 0. The highest BCUT2D eigenvalue weighted by Crippen LogP contribution is 1.65. The van der Waals surface area contributed by atoms with Crippen LogP contribution >= 0.6 is 0 Å². The van der Waals surface area contributed by atoms with E-state index in [9.17, 15) is 14.9 Å². The average Bonchev–Trinajstić information content (AvgIpc) is 1.83. The fourth-order valence-corrected chi connectivity index (χ4v) is 0.121. The molecular formula is CH3N5O3. The van der Waals surface area contributed by atoms with E-state index in [0.717, 1.165) is 0 Å². The zero-order chi connectivity index (χ0) is 7.28. The van der Waals surface area contributed by atoms with Crippen LogP contribution in [0.15, 0.2) is 5.11 Å². The molecule has 8 heteroatoms. The molecule has 50 valence electrons. The van der Waals surface area contributed by atoms with Crippen LogP contribution < -0.4 is 11.0 Å². The molecule has 0 spiro atoms. The predicted octanol–water partition coefficient (Wildman–Crippen LogP) is -0.577. The lowest BCUT2D eigenvalue weighted by Gasteiger charge is -1.91. The number of hydrazine groups is 2. The zero-order valence-corrected chi connectivity index (χ0v) is 4.12. The van der Waals surface area contributed by atoms with Gasteiger partial charge in [-0.1, -0.05) is 5.11 Å². The van der Waals surface area contributed by atoms with Gasteiger partial charge < -0.3 is 0 Å². The summed E-state index contributed by atoms with van der Waals surface area (Å²) >= 11 is 0. The minimum absolute atomic E-state index is 0.983. The van der Waals surface area contributed by atoms with Gasteiger partial charge >= 0.3 is 6.03 Å². The van der Waals surface area contributed by atoms with Crippen molar-refractivity contribution in [1.82, 2.24) is 11.0 Å². The number of urea groups is 1. The molecule has 0 aliphatic rings. The minimum atomic E-state index is -1.12. The molecule has 8 nitrogen and oxygen atoms in total. The number of nitro groups is 1. The van der Waals surface area contributed by atoms with Crippen molar-refractivity contribution in [2.45, 2.75) is 0 Å². The van der Waals surface area contributed by atoms with Crippen LogP contribution in [0.3, 0.4) is 0 Å². The largest absolute Gasteiger partial charge is 0.381 e. The Bertz CT molecular complexity index is 141. The lowest BCUT2D eigenvalue weighted by Crippen LogP contribution is -2.39. The van der Waals surface area contributed by atoms with Crippen LogP contribution in [0, 0.1) is 15.6 Å². The van der Waals surface area contributed by atoms with Crippen LogP contribution in [0.5, 0.6) is 0 Å². The van der Waals surface area contributed by atoms with E-state index in [1.54, 1.807) is 0 Å². The first kappa shape index (κ1) is 7.27. The third-order valence-electron chi connectivity index (χ3n) is 0.356. The van der Waals surface area contributed by atoms with Gasteiger partial charge in [-0.05, 0) is 5.53 Å². The monoisotopic (exact) mass is 133 g/mol. The lowest BCUT2D eigenvalue weighted by molar-refractivity contribution is -0.552. The molecule has 0 aliphatic carbocycles. The van der Waals surface area contributed by atoms with Crippen LogP contribution in [-0.2, 0) is 0 Å². The molecule has 0 aromatic heterocycles. The normalized spacial score (nSPS) is 7.56. The number of nitrogens with one attached hydrogen (secondary N) is 3. The van der Waals surface area contributed by atoms with E-state index in [1.165, 1.54) is 11.0 Å². The molecule has 0 saturated carbocycles. The number of nitrogens with zero attached hydrogens (tertiary/aromatic N) is 2. The summed E-state index contributed by atoms with van der Waals surface area (Å²) in [5.74, 6) is 0. The van der Waals surface area contributed by atoms with Crippen LogP contribution in [0.1, 0.15) is 0 Å². The van der Waals surface area contributed by atoms with Crippen molar-refractivity contribution >= 4 is 6.03 Å². The Balaban J connectivity index is 3.39. The average molecular weight is 133 g/mol. The maximum Gasteiger partial charge on any atom is 0.381 e. The Labute approximate surface area is 48.8 Å². The Hall–Kier alpha value is -1.73. The fraction of sp³-hybridized carbons (Fsp3) is 0. The van der Waals surface area contributed by atoms with Crippen LogP contribution in [0.4, 0.5) is 4.79 Å². The summed E-state index contributed by atoms with van der Waals surface area (Å²) in [5, 5.41) is 10.7. The van der Waals surface area contributed by atoms with Gasteiger partial charge in [0, 0.05) is 0 Å². The summed E-state index contributed by atoms with van der Waals surface area (Å²) in [4.78, 5) is 19.3. The standard InChI is InChI=1S/CH3N5O3/c2-3-1(7)4-5-6(8)9/h2,5H,(H,4,7). The molecule has 0 rings (SSSR count). The van der Waals surface area contributed by atoms with E-state index in [1.807, 2.05) is 0 Å². The topological polar surface area (TPSA) is 120 Å². The second-order valence-corrected chi connectivity index (χ2v) is 0.911. The molecule has 3 N–H and O–H groups in total. The first-order valence-corrected chi connectivity index (χ1v) is 1.74. The molecule has 0 fully saturated rings. The van der Waals surface area contributed by atoms with Gasteiger partial charge in [0.15, 0.2) is 5.03 Å². The molecule has 0 radical (unpaired) electrons. The van der Waals surface area contributed by atoms with Crippen molar-refractivity contribution in [3.05, 3.63) is 10.1 Å². The highest BCUT2D eigenvalue weighted by Gasteiger charge is 1.97. The molecule has 9 heavy (non-hydrogen) atoms. The SMILES string of the molecule is N=NC(=O)NN[N+](=O)[O-]. The van der Waals surface area contributed by atoms with Gasteiger partial charge in [0.25, 0.3) is 0 Å². The smallest absolute Gasteiger partial charge is 0.242 e. The van der Waals surface area contributed by atoms with E-state index in [2.05, 4.69) is 5.11 Å². The second-order valence-electron chi connectivity index (χ2n) is 0.911. The summed E-state index contributed by atoms with van der Waals surface area (Å²) in [7, 11) is 0. The number of carbonyl (C=O) groups excluding carboxylic acids is 1. The molecule has 0 heterocycles. The van der Waals surface area contributed by atoms with Gasteiger partial charge in [-0.3, -0.25) is 0 Å². The third kappa shape index (κ3) is 4.12. The van der Waals surface area contributed by atoms with E-state index in [4.69, 9.17) is 5.53 Å². The Morgan fingerprint density at radius 2 is 2.33 bits per heavy atom. The van der Waals surface area contributed by atoms with Gasteiger partial charge in [0.2, 0.25) is 0 Å². The first-order chi connectivity index (χ1) is 4.16. The first-order valence-electron chi connectivity index (χ1n) is 1.74. The van der Waals surface area contributed by atoms with E-state index in [0.29, 0.717) is 0 Å². The van der Waals surface area contributed by atoms with Crippen LogP contribution in [0.25, 0.3) is 0 Å². The van der Waals surface area contributed by atoms with Crippen molar-refractivity contribution in [2.24, 2.45) is 5.11 Å². The van der Waals surface area contributed by atoms with Crippen molar-refractivity contribution in [2.75, 3.05) is 0 Å².